The molecule has 1 aromatic rings. The third-order valence-electron chi connectivity index (χ3n) is 2.06. The molecule has 5 heteroatoms. The molecule has 0 aromatic heterocycles. The fourth-order valence-corrected chi connectivity index (χ4v) is 2.47. The van der Waals surface area contributed by atoms with E-state index in [1.807, 2.05) is 44.2 Å². The molecule has 0 unspecified atom stereocenters. The second-order valence-corrected chi connectivity index (χ2v) is 6.52. The smallest absolute Gasteiger partial charge is 0.236 e. The molecule has 3 nitrogen and oxygen atoms in total. The van der Waals surface area contributed by atoms with Gasteiger partial charge in [0, 0.05) is 9.37 Å². The fourth-order valence-electron chi connectivity index (χ4n) is 1.18. The van der Waals surface area contributed by atoms with Crippen LogP contribution >= 0.6 is 27.7 Å². The first-order valence-electron chi connectivity index (χ1n) is 5.05. The van der Waals surface area contributed by atoms with E-state index in [9.17, 15) is 4.79 Å². The Bertz CT molecular complexity index is 437. The summed E-state index contributed by atoms with van der Waals surface area (Å²) in [6, 6.07) is 9.67. The molecule has 1 amide bonds. The van der Waals surface area contributed by atoms with Crippen molar-refractivity contribution in [2.45, 2.75) is 23.5 Å². The van der Waals surface area contributed by atoms with Crippen LogP contribution in [-0.2, 0) is 4.79 Å². The van der Waals surface area contributed by atoms with E-state index >= 15 is 0 Å². The third-order valence-corrected chi connectivity index (χ3v) is 3.79. The van der Waals surface area contributed by atoms with E-state index in [0.717, 1.165) is 9.37 Å². The van der Waals surface area contributed by atoms with E-state index in [1.54, 1.807) is 0 Å². The van der Waals surface area contributed by atoms with Gasteiger partial charge >= 0.3 is 0 Å². The quantitative estimate of drug-likeness (QED) is 0.687. The van der Waals surface area contributed by atoms with Crippen molar-refractivity contribution in [2.24, 2.45) is 0 Å². The molecule has 17 heavy (non-hydrogen) atoms. The van der Waals surface area contributed by atoms with Gasteiger partial charge in [0.1, 0.15) is 6.54 Å². The molecule has 0 aliphatic rings. The highest BCUT2D eigenvalue weighted by Crippen LogP contribution is 2.33. The lowest BCUT2D eigenvalue weighted by molar-refractivity contribution is -0.122. The van der Waals surface area contributed by atoms with Gasteiger partial charge in [0.25, 0.3) is 0 Å². The molecule has 0 radical (unpaired) electrons. The zero-order chi connectivity index (χ0) is 12.9. The number of carbonyl (C=O) groups excluding carboxylic acids is 1. The number of rotatable bonds is 4. The van der Waals surface area contributed by atoms with Gasteiger partial charge in [-0.2, -0.15) is 5.26 Å². The van der Waals surface area contributed by atoms with E-state index < -0.39 is 4.75 Å². The summed E-state index contributed by atoms with van der Waals surface area (Å²) in [5.74, 6) is -0.132. The van der Waals surface area contributed by atoms with Crippen LogP contribution in [-0.4, -0.2) is 17.2 Å². The van der Waals surface area contributed by atoms with E-state index in [2.05, 4.69) is 21.2 Å². The molecule has 0 aliphatic heterocycles. The first kappa shape index (κ1) is 14.1. The molecule has 1 N–H and O–H groups in total. The summed E-state index contributed by atoms with van der Waals surface area (Å²) in [4.78, 5) is 12.8. The number of nitrogens with zero attached hydrogens (tertiary/aromatic N) is 1. The van der Waals surface area contributed by atoms with Crippen LogP contribution in [0.2, 0.25) is 0 Å². The van der Waals surface area contributed by atoms with Gasteiger partial charge in [-0.15, -0.1) is 11.8 Å². The molecular formula is C12H13BrN2OS. The van der Waals surface area contributed by atoms with Crippen molar-refractivity contribution >= 4 is 33.6 Å². The minimum Gasteiger partial charge on any atom is -0.342 e. The highest BCUT2D eigenvalue weighted by Gasteiger charge is 2.28. The Morgan fingerprint density at radius 2 is 2.06 bits per heavy atom. The molecule has 0 aliphatic carbocycles. The average molecular weight is 313 g/mol. The van der Waals surface area contributed by atoms with Crippen molar-refractivity contribution in [1.82, 2.24) is 5.32 Å². The van der Waals surface area contributed by atoms with E-state index in [0.29, 0.717) is 0 Å². The van der Waals surface area contributed by atoms with Crippen molar-refractivity contribution in [3.8, 4) is 6.07 Å². The Balaban J connectivity index is 2.69. The first-order chi connectivity index (χ1) is 7.95. The maximum Gasteiger partial charge on any atom is 0.236 e. The number of thioether (sulfide) groups is 1. The fraction of sp³-hybridized carbons (Fsp3) is 0.333. The van der Waals surface area contributed by atoms with Crippen LogP contribution < -0.4 is 5.32 Å². The number of hydrogen-bond acceptors (Lipinski definition) is 3. The van der Waals surface area contributed by atoms with Gasteiger partial charge in [-0.05, 0) is 38.1 Å². The van der Waals surface area contributed by atoms with E-state index in [4.69, 9.17) is 5.26 Å². The molecule has 0 saturated heterocycles. The summed E-state index contributed by atoms with van der Waals surface area (Å²) in [6.45, 7) is 3.72. The number of halogens is 1. The number of carbonyl (C=O) groups is 1. The van der Waals surface area contributed by atoms with Gasteiger partial charge in [0.05, 0.1) is 10.8 Å². The molecule has 1 aromatic carbocycles. The maximum absolute atomic E-state index is 11.8. The number of amides is 1. The predicted octanol–water partition coefficient (Wildman–Crippen LogP) is 2.96. The van der Waals surface area contributed by atoms with Crippen LogP contribution in [0.5, 0.6) is 0 Å². The van der Waals surface area contributed by atoms with Crippen LogP contribution in [0.1, 0.15) is 13.8 Å². The highest BCUT2D eigenvalue weighted by molar-refractivity contribution is 9.10. The SMILES string of the molecule is CC(C)(Sc1ccc(Br)cc1)C(=O)NCC#N. The van der Waals surface area contributed by atoms with Crippen molar-refractivity contribution in [3.63, 3.8) is 0 Å². The number of benzene rings is 1. The van der Waals surface area contributed by atoms with E-state index in [-0.39, 0.29) is 12.5 Å². The van der Waals surface area contributed by atoms with Crippen LogP contribution in [0.15, 0.2) is 33.6 Å². The summed E-state index contributed by atoms with van der Waals surface area (Å²) in [5.41, 5.74) is 0. The van der Waals surface area contributed by atoms with Crippen molar-refractivity contribution < 1.29 is 4.79 Å². The largest absolute Gasteiger partial charge is 0.342 e. The van der Waals surface area contributed by atoms with E-state index in [1.165, 1.54) is 11.8 Å². The third kappa shape index (κ3) is 4.41. The predicted molar refractivity (Wildman–Crippen MR) is 72.7 cm³/mol. The summed E-state index contributed by atoms with van der Waals surface area (Å²) in [5, 5.41) is 11.0. The minimum absolute atomic E-state index is 0.0448. The van der Waals surface area contributed by atoms with Crippen LogP contribution in [0.3, 0.4) is 0 Å². The Morgan fingerprint density at radius 3 is 2.59 bits per heavy atom. The lowest BCUT2D eigenvalue weighted by atomic mass is 10.2. The minimum atomic E-state index is -0.593. The van der Waals surface area contributed by atoms with Gasteiger partial charge in [0.2, 0.25) is 5.91 Å². The second-order valence-electron chi connectivity index (χ2n) is 3.91. The zero-order valence-corrected chi connectivity index (χ0v) is 12.1. The molecule has 1 rings (SSSR count). The van der Waals surface area contributed by atoms with Gasteiger partial charge < -0.3 is 5.32 Å². The monoisotopic (exact) mass is 312 g/mol. The molecule has 0 saturated carbocycles. The highest BCUT2D eigenvalue weighted by atomic mass is 79.9. The standard InChI is InChI=1S/C12H13BrN2OS/c1-12(2,11(16)15-8-7-14)17-10-5-3-9(13)4-6-10/h3-6H,8H2,1-2H3,(H,15,16). The molecule has 0 fully saturated rings. The Hall–Kier alpha value is -0.990. The van der Waals surface area contributed by atoms with Crippen molar-refractivity contribution in [3.05, 3.63) is 28.7 Å². The summed E-state index contributed by atoms with van der Waals surface area (Å²) < 4.78 is 0.415. The summed E-state index contributed by atoms with van der Waals surface area (Å²) >= 11 is 4.83. The van der Waals surface area contributed by atoms with Gasteiger partial charge in [0.15, 0.2) is 0 Å². The number of nitrogens with one attached hydrogen (secondary N) is 1. The van der Waals surface area contributed by atoms with Crippen LogP contribution in [0, 0.1) is 11.3 Å². The van der Waals surface area contributed by atoms with Crippen LogP contribution in [0.4, 0.5) is 0 Å². The Morgan fingerprint density at radius 1 is 1.47 bits per heavy atom. The Labute approximate surface area is 114 Å². The molecule has 90 valence electrons. The topological polar surface area (TPSA) is 52.9 Å². The lowest BCUT2D eigenvalue weighted by Crippen LogP contribution is -2.39. The Kier molecular flexibility index (Phi) is 5.03. The molecular weight excluding hydrogens is 300 g/mol. The first-order valence-corrected chi connectivity index (χ1v) is 6.66. The lowest BCUT2D eigenvalue weighted by Gasteiger charge is -2.22. The number of hydrogen-bond donors (Lipinski definition) is 1. The van der Waals surface area contributed by atoms with Crippen molar-refractivity contribution in [2.75, 3.05) is 6.54 Å². The average Bonchev–Trinajstić information content (AvgIpc) is 2.28. The second kappa shape index (κ2) is 6.08. The zero-order valence-electron chi connectivity index (χ0n) is 9.66. The van der Waals surface area contributed by atoms with Gasteiger partial charge in [-0.3, -0.25) is 4.79 Å². The summed E-state index contributed by atoms with van der Waals surface area (Å²) in [7, 11) is 0. The van der Waals surface area contributed by atoms with Crippen molar-refractivity contribution in [1.29, 1.82) is 5.26 Å². The normalized spacial score (nSPS) is 10.7. The van der Waals surface area contributed by atoms with Crippen LogP contribution in [0.25, 0.3) is 0 Å². The molecule has 0 heterocycles. The molecule has 0 spiro atoms. The number of nitriles is 1. The molecule has 0 bridgehead atoms. The van der Waals surface area contributed by atoms with Gasteiger partial charge in [-0.1, -0.05) is 15.9 Å². The summed E-state index contributed by atoms with van der Waals surface area (Å²) in [6.07, 6.45) is 0. The van der Waals surface area contributed by atoms with Gasteiger partial charge in [-0.25, -0.2) is 0 Å². The molecule has 0 atom stereocenters. The maximum atomic E-state index is 11.8.